The fourth-order valence-electron chi connectivity index (χ4n) is 3.82. The van der Waals surface area contributed by atoms with Gasteiger partial charge >= 0.3 is 5.97 Å². The van der Waals surface area contributed by atoms with E-state index in [1.54, 1.807) is 31.3 Å². The van der Waals surface area contributed by atoms with Crippen molar-refractivity contribution in [1.29, 1.82) is 0 Å². The Morgan fingerprint density at radius 1 is 1.06 bits per heavy atom. The third-order valence-corrected chi connectivity index (χ3v) is 5.92. The molecule has 4 rings (SSSR count). The predicted molar refractivity (Wildman–Crippen MR) is 134 cm³/mol. The number of piperazine rings is 1. The molecule has 0 atom stereocenters. The number of halogens is 2. The van der Waals surface area contributed by atoms with E-state index in [1.807, 2.05) is 9.80 Å². The van der Waals surface area contributed by atoms with E-state index in [0.29, 0.717) is 59.8 Å². The zero-order valence-corrected chi connectivity index (χ0v) is 20.3. The standard InChI is InChI=1S/C24H25ClFN7O3/c1-15-20(12-21(31-30-15)18-10-16(25)2-3-19(18)26)28-17-4-5-27-22(11-17)29-23(34)13-32-6-8-33(9-7-32)14-24(35)36/h2-5,10-12H,6-9,13-14H2,1H3,(H,35,36)(H2,27,28,29,31,34). The number of aliphatic carboxylic acids is 1. The summed E-state index contributed by atoms with van der Waals surface area (Å²) in [5.74, 6) is -1.16. The van der Waals surface area contributed by atoms with Crippen LogP contribution in [0.2, 0.25) is 5.02 Å². The number of rotatable bonds is 8. The van der Waals surface area contributed by atoms with Crippen LogP contribution in [-0.2, 0) is 9.59 Å². The smallest absolute Gasteiger partial charge is 0.317 e. The number of hydrogen-bond acceptors (Lipinski definition) is 8. The summed E-state index contributed by atoms with van der Waals surface area (Å²) in [5.41, 5.74) is 2.43. The van der Waals surface area contributed by atoms with Crippen LogP contribution in [0.4, 0.5) is 21.6 Å². The highest BCUT2D eigenvalue weighted by Gasteiger charge is 2.20. The van der Waals surface area contributed by atoms with Gasteiger partial charge in [0.1, 0.15) is 11.6 Å². The van der Waals surface area contributed by atoms with Gasteiger partial charge in [0, 0.05) is 54.7 Å². The number of amides is 1. The number of carbonyl (C=O) groups is 2. The molecule has 1 aliphatic rings. The monoisotopic (exact) mass is 513 g/mol. The van der Waals surface area contributed by atoms with Crippen molar-refractivity contribution in [2.24, 2.45) is 0 Å². The molecule has 0 aliphatic carbocycles. The van der Waals surface area contributed by atoms with E-state index in [-0.39, 0.29) is 24.6 Å². The molecular formula is C24H25ClFN7O3. The van der Waals surface area contributed by atoms with E-state index in [2.05, 4.69) is 25.8 Å². The summed E-state index contributed by atoms with van der Waals surface area (Å²) in [6.07, 6.45) is 1.56. The van der Waals surface area contributed by atoms with Crippen LogP contribution in [0, 0.1) is 12.7 Å². The van der Waals surface area contributed by atoms with Crippen molar-refractivity contribution in [2.75, 3.05) is 49.9 Å². The SMILES string of the molecule is Cc1nnc(-c2cc(Cl)ccc2F)cc1Nc1ccnc(NC(=O)CN2CCN(CC(=O)O)CC2)c1. The molecule has 188 valence electrons. The first kappa shape index (κ1) is 25.4. The maximum absolute atomic E-state index is 14.3. The van der Waals surface area contributed by atoms with E-state index in [9.17, 15) is 14.0 Å². The molecular weight excluding hydrogens is 489 g/mol. The molecule has 1 aromatic carbocycles. The second kappa shape index (κ2) is 11.4. The second-order valence-corrected chi connectivity index (χ2v) is 8.84. The van der Waals surface area contributed by atoms with E-state index in [0.717, 1.165) is 0 Å². The van der Waals surface area contributed by atoms with Gasteiger partial charge in [-0.25, -0.2) is 9.37 Å². The normalized spacial score (nSPS) is 14.4. The highest BCUT2D eigenvalue weighted by molar-refractivity contribution is 6.30. The summed E-state index contributed by atoms with van der Waals surface area (Å²) in [5, 5.41) is 23.5. The van der Waals surface area contributed by atoms with Crippen molar-refractivity contribution in [1.82, 2.24) is 25.0 Å². The van der Waals surface area contributed by atoms with Gasteiger partial charge in [-0.05, 0) is 37.3 Å². The van der Waals surface area contributed by atoms with Crippen molar-refractivity contribution >= 4 is 40.7 Å². The Morgan fingerprint density at radius 3 is 2.50 bits per heavy atom. The number of benzene rings is 1. The fourth-order valence-corrected chi connectivity index (χ4v) is 3.99. The lowest BCUT2D eigenvalue weighted by molar-refractivity contribution is -0.139. The summed E-state index contributed by atoms with van der Waals surface area (Å²) in [6, 6.07) is 9.33. The number of pyridine rings is 1. The van der Waals surface area contributed by atoms with Crippen LogP contribution < -0.4 is 10.6 Å². The van der Waals surface area contributed by atoms with Gasteiger partial charge in [-0.3, -0.25) is 19.4 Å². The van der Waals surface area contributed by atoms with E-state index in [1.165, 1.54) is 18.2 Å². The second-order valence-electron chi connectivity index (χ2n) is 8.40. The molecule has 0 spiro atoms. The Kier molecular flexibility index (Phi) is 8.04. The number of hydrogen-bond donors (Lipinski definition) is 3. The number of carboxylic acids is 1. The molecule has 12 heteroatoms. The lowest BCUT2D eigenvalue weighted by Gasteiger charge is -2.33. The number of aryl methyl sites for hydroxylation is 1. The van der Waals surface area contributed by atoms with Gasteiger partial charge in [-0.1, -0.05) is 11.6 Å². The van der Waals surface area contributed by atoms with Gasteiger partial charge in [-0.2, -0.15) is 10.2 Å². The molecule has 3 N–H and O–H groups in total. The molecule has 1 aliphatic heterocycles. The zero-order valence-electron chi connectivity index (χ0n) is 19.5. The quantitative estimate of drug-likeness (QED) is 0.417. The Hall–Kier alpha value is -3.67. The van der Waals surface area contributed by atoms with Crippen molar-refractivity contribution in [2.45, 2.75) is 6.92 Å². The molecule has 3 aromatic rings. The first-order chi connectivity index (χ1) is 17.3. The molecule has 0 unspecified atom stereocenters. The fraction of sp³-hybridized carbons (Fsp3) is 0.292. The minimum absolute atomic E-state index is 0.00570. The molecule has 2 aromatic heterocycles. The first-order valence-corrected chi connectivity index (χ1v) is 11.6. The highest BCUT2D eigenvalue weighted by atomic mass is 35.5. The number of anilines is 3. The molecule has 0 bridgehead atoms. The topological polar surface area (TPSA) is 124 Å². The molecule has 0 radical (unpaired) electrons. The number of nitrogens with zero attached hydrogens (tertiary/aromatic N) is 5. The van der Waals surface area contributed by atoms with Crippen LogP contribution in [0.1, 0.15) is 5.69 Å². The van der Waals surface area contributed by atoms with Crippen LogP contribution >= 0.6 is 11.6 Å². The number of aromatic nitrogens is 3. The lowest BCUT2D eigenvalue weighted by Crippen LogP contribution is -2.49. The molecule has 0 saturated carbocycles. The van der Waals surface area contributed by atoms with E-state index in [4.69, 9.17) is 16.7 Å². The van der Waals surface area contributed by atoms with Gasteiger partial charge < -0.3 is 15.7 Å². The Labute approximate surface area is 212 Å². The van der Waals surface area contributed by atoms with Crippen LogP contribution in [0.3, 0.4) is 0 Å². The van der Waals surface area contributed by atoms with E-state index < -0.39 is 11.8 Å². The highest BCUT2D eigenvalue weighted by Crippen LogP contribution is 2.28. The predicted octanol–water partition coefficient (Wildman–Crippen LogP) is 3.02. The largest absolute Gasteiger partial charge is 0.480 e. The third-order valence-electron chi connectivity index (χ3n) is 5.68. The van der Waals surface area contributed by atoms with Crippen LogP contribution in [0.5, 0.6) is 0 Å². The van der Waals surface area contributed by atoms with Gasteiger partial charge in [0.2, 0.25) is 5.91 Å². The number of carbonyl (C=O) groups excluding carboxylic acids is 1. The van der Waals surface area contributed by atoms with Gasteiger partial charge in [0.25, 0.3) is 0 Å². The summed E-state index contributed by atoms with van der Waals surface area (Å²) in [7, 11) is 0. The van der Waals surface area contributed by atoms with E-state index >= 15 is 0 Å². The van der Waals surface area contributed by atoms with Crippen LogP contribution in [0.25, 0.3) is 11.3 Å². The third kappa shape index (κ3) is 6.72. The Bertz CT molecular complexity index is 1270. The van der Waals surface area contributed by atoms with Gasteiger partial charge in [-0.15, -0.1) is 0 Å². The van der Waals surface area contributed by atoms with Gasteiger partial charge in [0.15, 0.2) is 0 Å². The molecule has 1 saturated heterocycles. The maximum atomic E-state index is 14.3. The summed E-state index contributed by atoms with van der Waals surface area (Å²) in [6.45, 7) is 4.37. The minimum atomic E-state index is -0.855. The molecule has 1 fully saturated rings. The van der Waals surface area contributed by atoms with Gasteiger partial charge in [0.05, 0.1) is 30.2 Å². The summed E-state index contributed by atoms with van der Waals surface area (Å²) >= 11 is 6.01. The van der Waals surface area contributed by atoms with Crippen molar-refractivity contribution < 1.29 is 19.1 Å². The number of nitrogens with one attached hydrogen (secondary N) is 2. The summed E-state index contributed by atoms with van der Waals surface area (Å²) in [4.78, 5) is 31.4. The lowest BCUT2D eigenvalue weighted by atomic mass is 10.1. The average Bonchev–Trinajstić information content (AvgIpc) is 2.83. The first-order valence-electron chi connectivity index (χ1n) is 11.3. The molecule has 36 heavy (non-hydrogen) atoms. The maximum Gasteiger partial charge on any atom is 0.317 e. The minimum Gasteiger partial charge on any atom is -0.480 e. The summed E-state index contributed by atoms with van der Waals surface area (Å²) < 4.78 is 14.3. The van der Waals surface area contributed by atoms with Crippen molar-refractivity contribution in [3.8, 4) is 11.3 Å². The molecule has 3 heterocycles. The average molecular weight is 514 g/mol. The van der Waals surface area contributed by atoms with Crippen LogP contribution in [0.15, 0.2) is 42.6 Å². The number of carboxylic acid groups (broad SMARTS) is 1. The molecule has 10 nitrogen and oxygen atoms in total. The van der Waals surface area contributed by atoms with Crippen LogP contribution in [-0.4, -0.2) is 81.2 Å². The Morgan fingerprint density at radius 2 is 1.78 bits per heavy atom. The van der Waals surface area contributed by atoms with Crippen molar-refractivity contribution in [3.63, 3.8) is 0 Å². The Balaban J connectivity index is 1.39. The zero-order chi connectivity index (χ0) is 25.7. The molecule has 1 amide bonds. The van der Waals surface area contributed by atoms with Crippen molar-refractivity contribution in [3.05, 3.63) is 59.1 Å².